The van der Waals surface area contributed by atoms with Gasteiger partial charge in [0, 0.05) is 17.7 Å². The van der Waals surface area contributed by atoms with Crippen LogP contribution in [0.5, 0.6) is 0 Å². The molecule has 0 saturated carbocycles. The molecule has 0 spiro atoms. The van der Waals surface area contributed by atoms with Crippen LogP contribution in [-0.2, 0) is 27.1 Å². The molecule has 0 unspecified atom stereocenters. The van der Waals surface area contributed by atoms with Crippen molar-refractivity contribution < 1.29 is 23.5 Å². The van der Waals surface area contributed by atoms with Gasteiger partial charge >= 0.3 is 11.9 Å². The van der Waals surface area contributed by atoms with Crippen LogP contribution in [0.4, 0.5) is 4.39 Å². The summed E-state index contributed by atoms with van der Waals surface area (Å²) in [7, 11) is 0. The lowest BCUT2D eigenvalue weighted by molar-refractivity contribution is -0.147. The summed E-state index contributed by atoms with van der Waals surface area (Å²) < 4.78 is 25.3. The summed E-state index contributed by atoms with van der Waals surface area (Å²) in [5.41, 5.74) is 2.72. The SMILES string of the molecule is C[C@H]1C[C@@H](OC(=O)c2nn(-c3ccc(F)cc3)c3c2CCCC3)C(=O)O1. The number of ether oxygens (including phenoxy) is 2. The Morgan fingerprint density at radius 1 is 1.27 bits per heavy atom. The molecule has 1 aromatic heterocycles. The molecule has 1 saturated heterocycles. The third-order valence-electron chi connectivity index (χ3n) is 4.82. The van der Waals surface area contributed by atoms with E-state index in [1.807, 2.05) is 0 Å². The highest BCUT2D eigenvalue weighted by molar-refractivity contribution is 5.92. The molecule has 1 aliphatic heterocycles. The molecule has 7 heteroatoms. The molecule has 26 heavy (non-hydrogen) atoms. The summed E-state index contributed by atoms with van der Waals surface area (Å²) in [5, 5.41) is 4.45. The Labute approximate surface area is 149 Å². The zero-order valence-corrected chi connectivity index (χ0v) is 14.4. The second-order valence-electron chi connectivity index (χ2n) is 6.75. The molecule has 1 aliphatic carbocycles. The smallest absolute Gasteiger partial charge is 0.360 e. The number of halogens is 1. The number of carbonyl (C=O) groups excluding carboxylic acids is 2. The summed E-state index contributed by atoms with van der Waals surface area (Å²) in [4.78, 5) is 24.4. The molecule has 4 rings (SSSR count). The first-order valence-electron chi connectivity index (χ1n) is 8.81. The Morgan fingerprint density at radius 3 is 2.69 bits per heavy atom. The summed E-state index contributed by atoms with van der Waals surface area (Å²) in [6.45, 7) is 1.76. The Morgan fingerprint density at radius 2 is 2.00 bits per heavy atom. The normalized spacial score (nSPS) is 22.0. The van der Waals surface area contributed by atoms with Gasteiger partial charge in [-0.05, 0) is 56.9 Å². The van der Waals surface area contributed by atoms with Gasteiger partial charge in [-0.2, -0.15) is 5.10 Å². The third kappa shape index (κ3) is 2.98. The summed E-state index contributed by atoms with van der Waals surface area (Å²) in [6.07, 6.45) is 2.69. The Hall–Kier alpha value is -2.70. The molecular weight excluding hydrogens is 339 g/mol. The van der Waals surface area contributed by atoms with E-state index < -0.39 is 18.0 Å². The van der Waals surface area contributed by atoms with E-state index in [1.165, 1.54) is 12.1 Å². The summed E-state index contributed by atoms with van der Waals surface area (Å²) >= 11 is 0. The van der Waals surface area contributed by atoms with Gasteiger partial charge in [0.1, 0.15) is 11.9 Å². The predicted molar refractivity (Wildman–Crippen MR) is 89.5 cm³/mol. The van der Waals surface area contributed by atoms with Crippen molar-refractivity contribution in [2.75, 3.05) is 0 Å². The average Bonchev–Trinajstić information content (AvgIpc) is 3.16. The fourth-order valence-electron chi connectivity index (χ4n) is 3.56. The molecule has 136 valence electrons. The van der Waals surface area contributed by atoms with E-state index in [9.17, 15) is 14.0 Å². The van der Waals surface area contributed by atoms with Gasteiger partial charge in [-0.15, -0.1) is 0 Å². The van der Waals surface area contributed by atoms with Crippen LogP contribution in [0.2, 0.25) is 0 Å². The van der Waals surface area contributed by atoms with E-state index in [4.69, 9.17) is 9.47 Å². The molecule has 2 atom stereocenters. The molecule has 2 aromatic rings. The van der Waals surface area contributed by atoms with Gasteiger partial charge in [-0.25, -0.2) is 18.7 Å². The maximum atomic E-state index is 13.2. The van der Waals surface area contributed by atoms with Gasteiger partial charge in [0.25, 0.3) is 0 Å². The van der Waals surface area contributed by atoms with Crippen LogP contribution in [0.15, 0.2) is 24.3 Å². The van der Waals surface area contributed by atoms with E-state index in [0.29, 0.717) is 12.1 Å². The number of esters is 2. The first-order chi connectivity index (χ1) is 12.5. The predicted octanol–water partition coefficient (Wildman–Crippen LogP) is 2.75. The molecule has 2 heterocycles. The number of carbonyl (C=O) groups is 2. The maximum Gasteiger partial charge on any atom is 0.360 e. The van der Waals surface area contributed by atoms with Crippen molar-refractivity contribution in [2.24, 2.45) is 0 Å². The van der Waals surface area contributed by atoms with Crippen LogP contribution in [0.1, 0.15) is 47.9 Å². The lowest BCUT2D eigenvalue weighted by Crippen LogP contribution is -2.23. The number of benzene rings is 1. The van der Waals surface area contributed by atoms with Crippen LogP contribution < -0.4 is 0 Å². The van der Waals surface area contributed by atoms with Crippen LogP contribution in [-0.4, -0.2) is 33.9 Å². The second kappa shape index (κ2) is 6.55. The number of hydrogen-bond acceptors (Lipinski definition) is 5. The highest BCUT2D eigenvalue weighted by Gasteiger charge is 2.37. The van der Waals surface area contributed by atoms with E-state index in [1.54, 1.807) is 23.7 Å². The fourth-order valence-corrected chi connectivity index (χ4v) is 3.56. The quantitative estimate of drug-likeness (QED) is 0.789. The Balaban J connectivity index is 1.67. The maximum absolute atomic E-state index is 13.2. The second-order valence-corrected chi connectivity index (χ2v) is 6.75. The first kappa shape index (κ1) is 16.8. The molecule has 1 fully saturated rings. The van der Waals surface area contributed by atoms with Gasteiger partial charge in [0.2, 0.25) is 6.10 Å². The number of fused-ring (bicyclic) bond motifs is 1. The number of nitrogens with zero attached hydrogens (tertiary/aromatic N) is 2. The van der Waals surface area contributed by atoms with Crippen molar-refractivity contribution in [1.82, 2.24) is 9.78 Å². The van der Waals surface area contributed by atoms with Crippen molar-refractivity contribution in [3.63, 3.8) is 0 Å². The van der Waals surface area contributed by atoms with Crippen LogP contribution in [0.3, 0.4) is 0 Å². The fraction of sp³-hybridized carbons (Fsp3) is 0.421. The van der Waals surface area contributed by atoms with Gasteiger partial charge < -0.3 is 9.47 Å². The van der Waals surface area contributed by atoms with Gasteiger partial charge in [0.15, 0.2) is 5.69 Å². The topological polar surface area (TPSA) is 70.4 Å². The van der Waals surface area contributed by atoms with Crippen molar-refractivity contribution in [3.05, 3.63) is 47.0 Å². The number of aromatic nitrogens is 2. The minimum absolute atomic E-state index is 0.233. The zero-order valence-electron chi connectivity index (χ0n) is 14.4. The number of cyclic esters (lactones) is 1. The van der Waals surface area contributed by atoms with Gasteiger partial charge in [-0.1, -0.05) is 0 Å². The average molecular weight is 358 g/mol. The van der Waals surface area contributed by atoms with Crippen LogP contribution >= 0.6 is 0 Å². The molecule has 6 nitrogen and oxygen atoms in total. The molecule has 1 aromatic carbocycles. The lowest BCUT2D eigenvalue weighted by Gasteiger charge is -2.14. The zero-order chi connectivity index (χ0) is 18.3. The van der Waals surface area contributed by atoms with E-state index in [2.05, 4.69) is 5.10 Å². The monoisotopic (exact) mass is 358 g/mol. The van der Waals surface area contributed by atoms with Gasteiger partial charge in [-0.3, -0.25) is 0 Å². The summed E-state index contributed by atoms with van der Waals surface area (Å²) in [5.74, 6) is -1.46. The lowest BCUT2D eigenvalue weighted by atomic mass is 9.95. The number of hydrogen-bond donors (Lipinski definition) is 0. The highest BCUT2D eigenvalue weighted by Crippen LogP contribution is 2.28. The molecule has 0 radical (unpaired) electrons. The Bertz CT molecular complexity index is 859. The molecule has 0 amide bonds. The molecular formula is C19H19FN2O4. The highest BCUT2D eigenvalue weighted by atomic mass is 19.1. The van der Waals surface area contributed by atoms with E-state index in [0.717, 1.165) is 36.9 Å². The van der Waals surface area contributed by atoms with Crippen LogP contribution in [0, 0.1) is 5.82 Å². The van der Waals surface area contributed by atoms with Crippen molar-refractivity contribution in [2.45, 2.75) is 51.2 Å². The third-order valence-corrected chi connectivity index (χ3v) is 4.82. The van der Waals surface area contributed by atoms with Crippen molar-refractivity contribution in [3.8, 4) is 5.69 Å². The molecule has 2 aliphatic rings. The standard InChI is InChI=1S/C19H19FN2O4/c1-11-10-16(18(23)25-11)26-19(24)17-14-4-2-3-5-15(14)22(21-17)13-8-6-12(20)7-9-13/h6-9,11,16H,2-5,10H2,1H3/t11-,16+/m0/s1. The van der Waals surface area contributed by atoms with E-state index >= 15 is 0 Å². The molecule has 0 bridgehead atoms. The first-order valence-corrected chi connectivity index (χ1v) is 8.81. The van der Waals surface area contributed by atoms with E-state index in [-0.39, 0.29) is 17.6 Å². The van der Waals surface area contributed by atoms with Gasteiger partial charge in [0.05, 0.1) is 5.69 Å². The van der Waals surface area contributed by atoms with Crippen molar-refractivity contribution in [1.29, 1.82) is 0 Å². The minimum atomic E-state index is -0.882. The minimum Gasteiger partial charge on any atom is -0.460 e. The summed E-state index contributed by atoms with van der Waals surface area (Å²) in [6, 6.07) is 5.98. The molecule has 0 N–H and O–H groups in total. The van der Waals surface area contributed by atoms with Crippen LogP contribution in [0.25, 0.3) is 5.69 Å². The van der Waals surface area contributed by atoms with Crippen molar-refractivity contribution >= 4 is 11.9 Å². The number of rotatable bonds is 3. The Kier molecular flexibility index (Phi) is 4.22. The largest absolute Gasteiger partial charge is 0.460 e.